The summed E-state index contributed by atoms with van der Waals surface area (Å²) in [6, 6.07) is 18.7. The molecule has 1 aromatic heterocycles. The quantitative estimate of drug-likeness (QED) is 0.644. The van der Waals surface area contributed by atoms with Crippen LogP contribution >= 0.6 is 11.3 Å². The van der Waals surface area contributed by atoms with Crippen LogP contribution in [0, 0.1) is 18.3 Å². The van der Waals surface area contributed by atoms with E-state index in [1.807, 2.05) is 54.8 Å². The largest absolute Gasteiger partial charge is 0.269 e. The number of thiazole rings is 1. The monoisotopic (exact) mass is 345 g/mol. The molecule has 0 saturated heterocycles. The van der Waals surface area contributed by atoms with Gasteiger partial charge in [0.25, 0.3) is 5.91 Å². The molecular formula is C20H15N3OS. The molecule has 0 aliphatic heterocycles. The molecule has 0 bridgehead atoms. The maximum atomic E-state index is 12.8. The normalized spacial score (nSPS) is 10.6. The number of carbonyl (C=O) groups excluding carboxylic acids is 1. The van der Waals surface area contributed by atoms with Crippen molar-refractivity contribution in [2.45, 2.75) is 6.92 Å². The first-order valence-corrected chi connectivity index (χ1v) is 8.55. The van der Waals surface area contributed by atoms with Crippen molar-refractivity contribution >= 4 is 34.1 Å². The third kappa shape index (κ3) is 3.82. The fourth-order valence-corrected chi connectivity index (χ4v) is 3.16. The summed E-state index contributed by atoms with van der Waals surface area (Å²) in [6.07, 6.45) is 3.14. The van der Waals surface area contributed by atoms with Gasteiger partial charge in [0.2, 0.25) is 0 Å². The highest BCUT2D eigenvalue weighted by Gasteiger charge is 2.18. The molecule has 0 spiro atoms. The maximum absolute atomic E-state index is 12.8. The first kappa shape index (κ1) is 16.6. The van der Waals surface area contributed by atoms with Gasteiger partial charge in [-0.25, -0.2) is 4.98 Å². The smallest absolute Gasteiger partial charge is 0.257 e. The van der Waals surface area contributed by atoms with Gasteiger partial charge in [-0.2, -0.15) is 5.26 Å². The highest BCUT2D eigenvalue weighted by atomic mass is 32.1. The number of rotatable bonds is 4. The number of carbonyl (C=O) groups is 1. The molecule has 0 fully saturated rings. The molecule has 0 aliphatic rings. The van der Waals surface area contributed by atoms with Gasteiger partial charge in [0.15, 0.2) is 5.13 Å². The SMILES string of the molecule is Cc1csc(N(C(=O)/C=C/c2ccccc2C#N)c2ccccc2)n1. The summed E-state index contributed by atoms with van der Waals surface area (Å²) in [7, 11) is 0. The summed E-state index contributed by atoms with van der Waals surface area (Å²) in [5, 5.41) is 11.7. The number of anilines is 2. The summed E-state index contributed by atoms with van der Waals surface area (Å²) in [5.41, 5.74) is 2.86. The topological polar surface area (TPSA) is 57.0 Å². The van der Waals surface area contributed by atoms with Crippen LogP contribution in [0.2, 0.25) is 0 Å². The highest BCUT2D eigenvalue weighted by molar-refractivity contribution is 7.14. The Hall–Kier alpha value is -3.23. The van der Waals surface area contributed by atoms with Crippen molar-refractivity contribution in [1.82, 2.24) is 4.98 Å². The third-order valence-electron chi connectivity index (χ3n) is 3.52. The van der Waals surface area contributed by atoms with Crippen molar-refractivity contribution < 1.29 is 4.79 Å². The second kappa shape index (κ2) is 7.56. The zero-order valence-electron chi connectivity index (χ0n) is 13.6. The molecule has 5 heteroatoms. The first-order chi connectivity index (χ1) is 12.2. The van der Waals surface area contributed by atoms with E-state index in [-0.39, 0.29) is 5.91 Å². The molecule has 122 valence electrons. The molecule has 0 N–H and O–H groups in total. The van der Waals surface area contributed by atoms with Gasteiger partial charge in [-0.3, -0.25) is 9.69 Å². The van der Waals surface area contributed by atoms with Crippen LogP contribution in [0.3, 0.4) is 0 Å². The minimum absolute atomic E-state index is 0.215. The lowest BCUT2D eigenvalue weighted by Crippen LogP contribution is -2.23. The number of aromatic nitrogens is 1. The fraction of sp³-hybridized carbons (Fsp3) is 0.0500. The summed E-state index contributed by atoms with van der Waals surface area (Å²) in [4.78, 5) is 18.9. The molecule has 3 rings (SSSR count). The molecule has 2 aromatic carbocycles. The average Bonchev–Trinajstić information content (AvgIpc) is 3.07. The molecule has 1 heterocycles. The lowest BCUT2D eigenvalue weighted by atomic mass is 10.1. The molecule has 0 atom stereocenters. The van der Waals surface area contributed by atoms with Gasteiger partial charge in [-0.15, -0.1) is 11.3 Å². The molecule has 4 nitrogen and oxygen atoms in total. The van der Waals surface area contributed by atoms with E-state index in [2.05, 4.69) is 11.1 Å². The van der Waals surface area contributed by atoms with Gasteiger partial charge in [0, 0.05) is 11.5 Å². The van der Waals surface area contributed by atoms with Crippen LogP contribution in [-0.4, -0.2) is 10.9 Å². The lowest BCUT2D eigenvalue weighted by molar-refractivity contribution is -0.113. The first-order valence-electron chi connectivity index (χ1n) is 7.67. The van der Waals surface area contributed by atoms with Crippen molar-refractivity contribution in [1.29, 1.82) is 5.26 Å². The Morgan fingerprint density at radius 2 is 1.88 bits per heavy atom. The van der Waals surface area contributed by atoms with Crippen LogP contribution in [0.4, 0.5) is 10.8 Å². The molecule has 25 heavy (non-hydrogen) atoms. The molecule has 0 aliphatic carbocycles. The number of nitrogens with zero attached hydrogens (tertiary/aromatic N) is 3. The third-order valence-corrected chi connectivity index (χ3v) is 4.46. The molecular weight excluding hydrogens is 330 g/mol. The van der Waals surface area contributed by atoms with Gasteiger partial charge >= 0.3 is 0 Å². The standard InChI is InChI=1S/C20H15N3OS/c1-15-14-25-20(22-15)23(18-9-3-2-4-10-18)19(24)12-11-16-7-5-6-8-17(16)13-21/h2-12,14H,1H3/b12-11+. The predicted molar refractivity (Wildman–Crippen MR) is 101 cm³/mol. The molecule has 0 radical (unpaired) electrons. The molecule has 3 aromatic rings. The van der Waals surface area contributed by atoms with Gasteiger partial charge < -0.3 is 0 Å². The van der Waals surface area contributed by atoms with E-state index in [1.165, 1.54) is 17.4 Å². The van der Waals surface area contributed by atoms with Crippen molar-refractivity contribution in [3.05, 3.63) is 82.9 Å². The number of hydrogen-bond donors (Lipinski definition) is 0. The van der Waals surface area contributed by atoms with Crippen molar-refractivity contribution in [2.24, 2.45) is 0 Å². The minimum Gasteiger partial charge on any atom is -0.269 e. The summed E-state index contributed by atoms with van der Waals surface area (Å²) >= 11 is 1.42. The molecule has 0 saturated carbocycles. The Balaban J connectivity index is 1.95. The van der Waals surface area contributed by atoms with E-state index in [1.54, 1.807) is 23.1 Å². The Morgan fingerprint density at radius 1 is 1.16 bits per heavy atom. The number of aryl methyl sites for hydroxylation is 1. The Bertz CT molecular complexity index is 954. The van der Waals surface area contributed by atoms with Crippen LogP contribution in [-0.2, 0) is 4.79 Å². The Labute approximate surface area is 150 Å². The van der Waals surface area contributed by atoms with E-state index in [9.17, 15) is 4.79 Å². The second-order valence-electron chi connectivity index (χ2n) is 5.31. The van der Waals surface area contributed by atoms with Crippen LogP contribution in [0.15, 0.2) is 66.1 Å². The number of benzene rings is 2. The van der Waals surface area contributed by atoms with Crippen molar-refractivity contribution in [3.63, 3.8) is 0 Å². The number of para-hydroxylation sites is 1. The van der Waals surface area contributed by atoms with Gasteiger partial charge in [-0.05, 0) is 36.8 Å². The van der Waals surface area contributed by atoms with E-state index in [4.69, 9.17) is 5.26 Å². The summed E-state index contributed by atoms with van der Waals surface area (Å²) in [5.74, 6) is -0.215. The van der Waals surface area contributed by atoms with E-state index in [0.717, 1.165) is 11.4 Å². The zero-order valence-corrected chi connectivity index (χ0v) is 14.4. The van der Waals surface area contributed by atoms with Crippen LogP contribution in [0.1, 0.15) is 16.8 Å². The van der Waals surface area contributed by atoms with E-state index in [0.29, 0.717) is 16.3 Å². The second-order valence-corrected chi connectivity index (χ2v) is 6.15. The van der Waals surface area contributed by atoms with Crippen molar-refractivity contribution in [2.75, 3.05) is 4.90 Å². The predicted octanol–water partition coefficient (Wildman–Crippen LogP) is 4.70. The number of nitriles is 1. The fourth-order valence-electron chi connectivity index (χ4n) is 2.33. The van der Waals surface area contributed by atoms with Crippen LogP contribution in [0.5, 0.6) is 0 Å². The van der Waals surface area contributed by atoms with E-state index >= 15 is 0 Å². The number of amides is 1. The molecule has 0 unspecified atom stereocenters. The summed E-state index contributed by atoms with van der Waals surface area (Å²) < 4.78 is 0. The van der Waals surface area contributed by atoms with Crippen LogP contribution in [0.25, 0.3) is 6.08 Å². The maximum Gasteiger partial charge on any atom is 0.257 e. The zero-order chi connectivity index (χ0) is 17.6. The summed E-state index contributed by atoms with van der Waals surface area (Å²) in [6.45, 7) is 1.90. The van der Waals surface area contributed by atoms with E-state index < -0.39 is 0 Å². The lowest BCUT2D eigenvalue weighted by Gasteiger charge is -2.18. The average molecular weight is 345 g/mol. The van der Waals surface area contributed by atoms with Crippen LogP contribution < -0.4 is 4.90 Å². The van der Waals surface area contributed by atoms with Gasteiger partial charge in [-0.1, -0.05) is 36.4 Å². The Kier molecular flexibility index (Phi) is 5.03. The van der Waals surface area contributed by atoms with Crippen molar-refractivity contribution in [3.8, 4) is 6.07 Å². The number of hydrogen-bond acceptors (Lipinski definition) is 4. The molecule has 1 amide bonds. The Morgan fingerprint density at radius 3 is 2.56 bits per heavy atom. The van der Waals surface area contributed by atoms with Gasteiger partial charge in [0.05, 0.1) is 23.0 Å². The highest BCUT2D eigenvalue weighted by Crippen LogP contribution is 2.29. The minimum atomic E-state index is -0.215. The van der Waals surface area contributed by atoms with Gasteiger partial charge in [0.1, 0.15) is 0 Å².